The van der Waals surface area contributed by atoms with Crippen LogP contribution in [0, 0.1) is 6.92 Å². The second kappa shape index (κ2) is 4.71. The van der Waals surface area contributed by atoms with Gasteiger partial charge in [0.2, 0.25) is 0 Å². The highest BCUT2D eigenvalue weighted by atomic mass is 35.5. The predicted molar refractivity (Wildman–Crippen MR) is 55.8 cm³/mol. The molecule has 0 aliphatic carbocycles. The molecule has 0 saturated carbocycles. The highest BCUT2D eigenvalue weighted by Gasteiger charge is 2.19. The van der Waals surface area contributed by atoms with Gasteiger partial charge >= 0.3 is 0 Å². The number of Topliss-reactive ketones (excluding diaryl/α,β-unsaturated/α-hetero) is 1. The van der Waals surface area contributed by atoms with E-state index in [2.05, 4.69) is 0 Å². The van der Waals surface area contributed by atoms with Crippen LogP contribution in [0.2, 0.25) is 0 Å². The summed E-state index contributed by atoms with van der Waals surface area (Å²) in [7, 11) is 0. The zero-order valence-corrected chi connectivity index (χ0v) is 9.18. The highest BCUT2D eigenvalue weighted by Crippen LogP contribution is 2.25. The van der Waals surface area contributed by atoms with E-state index >= 15 is 0 Å². The summed E-state index contributed by atoms with van der Waals surface area (Å²) in [6.45, 7) is 3.03. The smallest absolute Gasteiger partial charge is 0.264 e. The third-order valence-electron chi connectivity index (χ3n) is 2.24. The molecule has 82 valence electrons. The number of hydrogen-bond acceptors (Lipinski definition) is 1. The van der Waals surface area contributed by atoms with E-state index in [4.69, 9.17) is 11.6 Å². The first-order valence-corrected chi connectivity index (χ1v) is 4.94. The topological polar surface area (TPSA) is 17.1 Å². The molecule has 1 aromatic carbocycles. The van der Waals surface area contributed by atoms with Crippen molar-refractivity contribution >= 4 is 17.4 Å². The van der Waals surface area contributed by atoms with Crippen LogP contribution in [0.15, 0.2) is 18.2 Å². The monoisotopic (exact) mass is 232 g/mol. The molecule has 1 atom stereocenters. The Kier molecular flexibility index (Phi) is 3.80. The lowest BCUT2D eigenvalue weighted by molar-refractivity contribution is 0.0990. The van der Waals surface area contributed by atoms with Crippen LogP contribution in [0.3, 0.4) is 0 Å². The Labute approximate surface area is 92.1 Å². The van der Waals surface area contributed by atoms with Crippen molar-refractivity contribution in [2.75, 3.05) is 0 Å². The van der Waals surface area contributed by atoms with Crippen molar-refractivity contribution in [2.45, 2.75) is 25.7 Å². The van der Waals surface area contributed by atoms with E-state index in [1.165, 1.54) is 32.0 Å². The Morgan fingerprint density at radius 1 is 1.40 bits per heavy atom. The minimum Gasteiger partial charge on any atom is -0.293 e. The van der Waals surface area contributed by atoms with Crippen LogP contribution in [-0.2, 0) is 0 Å². The van der Waals surface area contributed by atoms with Crippen molar-refractivity contribution in [1.82, 2.24) is 0 Å². The van der Waals surface area contributed by atoms with Gasteiger partial charge < -0.3 is 0 Å². The summed E-state index contributed by atoms with van der Waals surface area (Å²) < 4.78 is 25.1. The summed E-state index contributed by atoms with van der Waals surface area (Å²) in [6, 6.07) is 4.28. The van der Waals surface area contributed by atoms with E-state index in [1.54, 1.807) is 0 Å². The average molecular weight is 233 g/mol. The Morgan fingerprint density at radius 2 is 2.00 bits per heavy atom. The summed E-state index contributed by atoms with van der Waals surface area (Å²) in [5.41, 5.74) is 0.471. The van der Waals surface area contributed by atoms with Gasteiger partial charge in [0.05, 0.1) is 5.38 Å². The van der Waals surface area contributed by atoms with Crippen LogP contribution >= 0.6 is 11.6 Å². The summed E-state index contributed by atoms with van der Waals surface area (Å²) in [5, 5.41) is -0.698. The maximum atomic E-state index is 12.5. The van der Waals surface area contributed by atoms with Gasteiger partial charge in [-0.1, -0.05) is 18.2 Å². The molecule has 0 fully saturated rings. The fourth-order valence-electron chi connectivity index (χ4n) is 1.37. The van der Waals surface area contributed by atoms with Gasteiger partial charge in [-0.25, -0.2) is 8.78 Å². The molecule has 0 spiro atoms. The van der Waals surface area contributed by atoms with Crippen molar-refractivity contribution in [3.63, 3.8) is 0 Å². The number of ketones is 1. The highest BCUT2D eigenvalue weighted by molar-refractivity contribution is 6.33. The van der Waals surface area contributed by atoms with E-state index in [0.717, 1.165) is 0 Å². The number of carbonyl (C=O) groups excluding carboxylic acids is 1. The van der Waals surface area contributed by atoms with Crippen molar-refractivity contribution in [3.8, 4) is 0 Å². The number of alkyl halides is 3. The number of halogens is 3. The average Bonchev–Trinajstić information content (AvgIpc) is 2.16. The molecular formula is C11H11ClF2O. The number of hydrogen-bond donors (Lipinski definition) is 0. The first-order valence-electron chi connectivity index (χ1n) is 4.51. The van der Waals surface area contributed by atoms with Gasteiger partial charge in [-0.2, -0.15) is 0 Å². The van der Waals surface area contributed by atoms with Crippen molar-refractivity contribution < 1.29 is 13.6 Å². The van der Waals surface area contributed by atoms with Crippen molar-refractivity contribution in [1.29, 1.82) is 0 Å². The van der Waals surface area contributed by atoms with Gasteiger partial charge in [-0.05, 0) is 19.4 Å². The summed E-state index contributed by atoms with van der Waals surface area (Å²) in [5.74, 6) is -0.323. The van der Waals surface area contributed by atoms with E-state index in [1.807, 2.05) is 0 Å². The lowest BCUT2D eigenvalue weighted by Gasteiger charge is -2.10. The molecule has 0 aromatic heterocycles. The Morgan fingerprint density at radius 3 is 2.47 bits per heavy atom. The normalized spacial score (nSPS) is 12.9. The standard InChI is InChI=1S/C11H11ClF2O/c1-6-8(10(15)7(2)12)4-3-5-9(6)11(13)14/h3-5,7,11H,1-2H3. The molecule has 15 heavy (non-hydrogen) atoms. The molecule has 0 N–H and O–H groups in total. The van der Waals surface area contributed by atoms with Crippen LogP contribution in [0.5, 0.6) is 0 Å². The third-order valence-corrected chi connectivity index (χ3v) is 2.44. The maximum absolute atomic E-state index is 12.5. The van der Waals surface area contributed by atoms with Crippen molar-refractivity contribution in [2.24, 2.45) is 0 Å². The molecule has 0 saturated heterocycles. The van der Waals surface area contributed by atoms with Gasteiger partial charge in [-0.3, -0.25) is 4.79 Å². The van der Waals surface area contributed by atoms with Gasteiger partial charge in [0, 0.05) is 11.1 Å². The zero-order chi connectivity index (χ0) is 11.6. The first-order chi connectivity index (χ1) is 6.95. The van der Waals surface area contributed by atoms with E-state index in [0.29, 0.717) is 5.56 Å². The third kappa shape index (κ3) is 2.53. The number of benzene rings is 1. The second-order valence-electron chi connectivity index (χ2n) is 3.30. The fourth-order valence-corrected chi connectivity index (χ4v) is 1.49. The Balaban J connectivity index is 3.21. The van der Waals surface area contributed by atoms with Crippen LogP contribution in [0.25, 0.3) is 0 Å². The molecule has 1 unspecified atom stereocenters. The molecule has 1 rings (SSSR count). The summed E-state index contributed by atoms with van der Waals surface area (Å²) in [4.78, 5) is 11.6. The molecule has 0 heterocycles. The molecule has 1 nitrogen and oxygen atoms in total. The largest absolute Gasteiger partial charge is 0.293 e. The number of rotatable bonds is 3. The molecule has 0 amide bonds. The lowest BCUT2D eigenvalue weighted by atomic mass is 9.98. The molecule has 1 aromatic rings. The second-order valence-corrected chi connectivity index (χ2v) is 3.96. The maximum Gasteiger partial charge on any atom is 0.264 e. The summed E-state index contributed by atoms with van der Waals surface area (Å²) in [6.07, 6.45) is -2.57. The van der Waals surface area contributed by atoms with Crippen LogP contribution in [-0.4, -0.2) is 11.2 Å². The van der Waals surface area contributed by atoms with Gasteiger partial charge in [0.1, 0.15) is 0 Å². The van der Waals surface area contributed by atoms with Gasteiger partial charge in [0.25, 0.3) is 6.43 Å². The molecule has 0 bridgehead atoms. The van der Waals surface area contributed by atoms with E-state index < -0.39 is 11.8 Å². The predicted octanol–water partition coefficient (Wildman–Crippen LogP) is 3.74. The van der Waals surface area contributed by atoms with E-state index in [-0.39, 0.29) is 16.9 Å². The Bertz CT molecular complexity index is 375. The minimum atomic E-state index is -2.57. The van der Waals surface area contributed by atoms with E-state index in [9.17, 15) is 13.6 Å². The Hall–Kier alpha value is -0.960. The molecule has 0 radical (unpaired) electrons. The SMILES string of the molecule is Cc1c(C(=O)C(C)Cl)cccc1C(F)F. The molecule has 0 aliphatic rings. The molecule has 4 heteroatoms. The zero-order valence-electron chi connectivity index (χ0n) is 8.43. The van der Waals surface area contributed by atoms with Crippen LogP contribution in [0.4, 0.5) is 8.78 Å². The van der Waals surface area contributed by atoms with Crippen LogP contribution in [0.1, 0.15) is 34.8 Å². The quantitative estimate of drug-likeness (QED) is 0.573. The first kappa shape index (κ1) is 12.1. The lowest BCUT2D eigenvalue weighted by Crippen LogP contribution is -2.13. The number of carbonyl (C=O) groups is 1. The van der Waals surface area contributed by atoms with Gasteiger partial charge in [0.15, 0.2) is 5.78 Å². The molecule has 0 aliphatic heterocycles. The van der Waals surface area contributed by atoms with Crippen LogP contribution < -0.4 is 0 Å². The fraction of sp³-hybridized carbons (Fsp3) is 0.364. The van der Waals surface area contributed by atoms with Crippen molar-refractivity contribution in [3.05, 3.63) is 34.9 Å². The van der Waals surface area contributed by atoms with Gasteiger partial charge in [-0.15, -0.1) is 11.6 Å². The molecular weight excluding hydrogens is 222 g/mol. The summed E-state index contributed by atoms with van der Waals surface area (Å²) >= 11 is 5.63. The minimum absolute atomic E-state index is 0.113.